The molecule has 262 valence electrons. The number of ether oxygens (including phenoxy) is 1. The Kier molecular flexibility index (Phi) is 35.1. The van der Waals surface area contributed by atoms with Gasteiger partial charge in [-0.15, -0.1) is 0 Å². The predicted molar refractivity (Wildman–Crippen MR) is 198 cm³/mol. The molecule has 0 rings (SSSR count). The standard InChI is InChI=1S/C41H75NO3/c1-5-8-11-13-20-26-32-39(4)33-27-21-16-15-17-22-28-34-40(45-42-37-10-7-3)35-29-23-18-19-25-31-38-44-41(43)36-30-24-14-12-9-6-2/h26,30,32,36-37,40H,4-25,27-29,31,33-35,38H2,1-3H3/b32-26-,36-30-,42-37+. The van der Waals surface area contributed by atoms with E-state index in [2.05, 4.69) is 44.7 Å². The highest BCUT2D eigenvalue weighted by atomic mass is 16.6. The summed E-state index contributed by atoms with van der Waals surface area (Å²) in [4.78, 5) is 17.7. The van der Waals surface area contributed by atoms with Crippen LogP contribution < -0.4 is 0 Å². The SMILES string of the molecule is C=C(/C=C\CCCCCC)CCCCCCCCCC(CCCCCCCCOC(=O)/C=C\CCCCCC)O/N=C/CCC. The van der Waals surface area contributed by atoms with Crippen LogP contribution in [-0.2, 0) is 14.4 Å². The summed E-state index contributed by atoms with van der Waals surface area (Å²) in [5.41, 5.74) is 1.30. The molecule has 0 aromatic carbocycles. The topological polar surface area (TPSA) is 47.9 Å². The lowest BCUT2D eigenvalue weighted by atomic mass is 10.0. The van der Waals surface area contributed by atoms with Gasteiger partial charge in [-0.25, -0.2) is 4.79 Å². The summed E-state index contributed by atoms with van der Waals surface area (Å²) in [6.07, 6.45) is 44.3. The number of hydrogen-bond donors (Lipinski definition) is 0. The lowest BCUT2D eigenvalue weighted by molar-refractivity contribution is -0.137. The van der Waals surface area contributed by atoms with Gasteiger partial charge in [0.1, 0.15) is 6.10 Å². The lowest BCUT2D eigenvalue weighted by Crippen LogP contribution is -2.10. The van der Waals surface area contributed by atoms with Crippen molar-refractivity contribution in [2.24, 2.45) is 5.16 Å². The van der Waals surface area contributed by atoms with E-state index in [0.29, 0.717) is 6.61 Å². The second-order valence-corrected chi connectivity index (χ2v) is 13.1. The predicted octanol–water partition coefficient (Wildman–Crippen LogP) is 13.6. The van der Waals surface area contributed by atoms with Gasteiger partial charge in [-0.3, -0.25) is 0 Å². The number of allylic oxidation sites excluding steroid dienone is 4. The number of rotatable bonds is 35. The Morgan fingerprint density at radius 1 is 0.600 bits per heavy atom. The molecule has 45 heavy (non-hydrogen) atoms. The van der Waals surface area contributed by atoms with Crippen LogP contribution >= 0.6 is 0 Å². The molecular weight excluding hydrogens is 554 g/mol. The van der Waals surface area contributed by atoms with Crippen LogP contribution in [0.25, 0.3) is 0 Å². The van der Waals surface area contributed by atoms with Gasteiger partial charge in [-0.1, -0.05) is 159 Å². The molecule has 0 aliphatic heterocycles. The first-order chi connectivity index (χ1) is 22.1. The van der Waals surface area contributed by atoms with Gasteiger partial charge in [0.15, 0.2) is 0 Å². The van der Waals surface area contributed by atoms with Crippen LogP contribution in [0.15, 0.2) is 41.6 Å². The van der Waals surface area contributed by atoms with Gasteiger partial charge >= 0.3 is 5.97 Å². The molecule has 0 spiro atoms. The number of carbonyl (C=O) groups is 1. The number of hydrogen-bond acceptors (Lipinski definition) is 4. The van der Waals surface area contributed by atoms with Crippen LogP contribution in [0.3, 0.4) is 0 Å². The number of nitrogens with zero attached hydrogens (tertiary/aromatic N) is 1. The van der Waals surface area contributed by atoms with Crippen molar-refractivity contribution in [3.05, 3.63) is 36.5 Å². The zero-order valence-corrected chi connectivity index (χ0v) is 30.3. The van der Waals surface area contributed by atoms with E-state index < -0.39 is 0 Å². The average molecular weight is 630 g/mol. The van der Waals surface area contributed by atoms with Gasteiger partial charge in [-0.2, -0.15) is 0 Å². The van der Waals surface area contributed by atoms with Crippen LogP contribution in [-0.4, -0.2) is 24.9 Å². The molecule has 0 aliphatic carbocycles. The molecule has 0 heterocycles. The molecule has 1 atom stereocenters. The van der Waals surface area contributed by atoms with E-state index in [4.69, 9.17) is 9.57 Å². The van der Waals surface area contributed by atoms with Gasteiger partial charge in [0.25, 0.3) is 0 Å². The fraction of sp³-hybridized carbons (Fsp3) is 0.805. The van der Waals surface area contributed by atoms with Crippen molar-refractivity contribution < 1.29 is 14.4 Å². The van der Waals surface area contributed by atoms with E-state index in [1.54, 1.807) is 6.08 Å². The fourth-order valence-corrected chi connectivity index (χ4v) is 5.46. The van der Waals surface area contributed by atoms with Crippen molar-refractivity contribution in [2.45, 2.75) is 207 Å². The molecule has 0 aliphatic rings. The molecular formula is C41H75NO3. The molecule has 0 N–H and O–H groups in total. The molecule has 0 aromatic heterocycles. The third-order valence-corrected chi connectivity index (χ3v) is 8.45. The zero-order valence-electron chi connectivity index (χ0n) is 30.3. The summed E-state index contributed by atoms with van der Waals surface area (Å²) in [6, 6.07) is 0. The molecule has 0 saturated carbocycles. The van der Waals surface area contributed by atoms with Crippen LogP contribution in [0.2, 0.25) is 0 Å². The summed E-state index contributed by atoms with van der Waals surface area (Å²) in [6.45, 7) is 11.4. The molecule has 4 heteroatoms. The maximum Gasteiger partial charge on any atom is 0.330 e. The maximum absolute atomic E-state index is 11.8. The normalized spacial score (nSPS) is 12.5. The van der Waals surface area contributed by atoms with E-state index in [1.165, 1.54) is 128 Å². The Balaban J connectivity index is 3.85. The van der Waals surface area contributed by atoms with Crippen LogP contribution in [0, 0.1) is 0 Å². The van der Waals surface area contributed by atoms with Crippen molar-refractivity contribution in [3.8, 4) is 0 Å². The van der Waals surface area contributed by atoms with E-state index in [-0.39, 0.29) is 12.1 Å². The van der Waals surface area contributed by atoms with Gasteiger partial charge in [0.05, 0.1) is 6.61 Å². The molecule has 0 fully saturated rings. The van der Waals surface area contributed by atoms with Gasteiger partial charge < -0.3 is 9.57 Å². The maximum atomic E-state index is 11.8. The minimum Gasteiger partial charge on any atom is -0.463 e. The Morgan fingerprint density at radius 3 is 1.69 bits per heavy atom. The number of unbranched alkanes of at least 4 members (excludes halogenated alkanes) is 20. The Labute approximate surface area is 281 Å². The van der Waals surface area contributed by atoms with E-state index in [1.807, 2.05) is 12.3 Å². The molecule has 0 radical (unpaired) electrons. The molecule has 1 unspecified atom stereocenters. The summed E-state index contributed by atoms with van der Waals surface area (Å²) in [7, 11) is 0. The minimum absolute atomic E-state index is 0.188. The molecule has 4 nitrogen and oxygen atoms in total. The Morgan fingerprint density at radius 2 is 1.11 bits per heavy atom. The number of carbonyl (C=O) groups excluding carboxylic acids is 1. The Hall–Kier alpha value is -1.84. The van der Waals surface area contributed by atoms with Crippen LogP contribution in [0.1, 0.15) is 201 Å². The second kappa shape index (κ2) is 36.6. The van der Waals surface area contributed by atoms with E-state index >= 15 is 0 Å². The first-order valence-corrected chi connectivity index (χ1v) is 19.5. The highest BCUT2D eigenvalue weighted by Crippen LogP contribution is 2.18. The second-order valence-electron chi connectivity index (χ2n) is 13.1. The highest BCUT2D eigenvalue weighted by molar-refractivity contribution is 5.81. The largest absolute Gasteiger partial charge is 0.463 e. The molecule has 0 amide bonds. The summed E-state index contributed by atoms with van der Waals surface area (Å²) in [5.74, 6) is -0.188. The third-order valence-electron chi connectivity index (χ3n) is 8.45. The van der Waals surface area contributed by atoms with Gasteiger partial charge in [0.2, 0.25) is 0 Å². The van der Waals surface area contributed by atoms with Gasteiger partial charge in [-0.05, 0) is 77.0 Å². The van der Waals surface area contributed by atoms with E-state index in [9.17, 15) is 4.79 Å². The van der Waals surface area contributed by atoms with Crippen molar-refractivity contribution in [2.75, 3.05) is 6.61 Å². The smallest absolute Gasteiger partial charge is 0.330 e. The summed E-state index contributed by atoms with van der Waals surface area (Å²) < 4.78 is 5.33. The van der Waals surface area contributed by atoms with Crippen LogP contribution in [0.4, 0.5) is 0 Å². The number of esters is 1. The first-order valence-electron chi connectivity index (χ1n) is 19.5. The van der Waals surface area contributed by atoms with Crippen molar-refractivity contribution in [3.63, 3.8) is 0 Å². The fourth-order valence-electron chi connectivity index (χ4n) is 5.46. The third kappa shape index (κ3) is 34.9. The minimum atomic E-state index is -0.188. The molecule has 0 saturated heterocycles. The quantitative estimate of drug-likeness (QED) is 0.0175. The summed E-state index contributed by atoms with van der Waals surface area (Å²) >= 11 is 0. The molecule has 0 aromatic rings. The lowest BCUT2D eigenvalue weighted by Gasteiger charge is -2.15. The average Bonchev–Trinajstić information content (AvgIpc) is 3.04. The van der Waals surface area contributed by atoms with Crippen molar-refractivity contribution in [1.29, 1.82) is 0 Å². The molecule has 0 bridgehead atoms. The zero-order chi connectivity index (χ0) is 32.9. The van der Waals surface area contributed by atoms with Gasteiger partial charge in [0, 0.05) is 12.3 Å². The highest BCUT2D eigenvalue weighted by Gasteiger charge is 2.09. The van der Waals surface area contributed by atoms with Crippen molar-refractivity contribution >= 4 is 12.2 Å². The summed E-state index contributed by atoms with van der Waals surface area (Å²) in [5, 5.41) is 4.27. The van der Waals surface area contributed by atoms with Crippen molar-refractivity contribution in [1.82, 2.24) is 0 Å². The monoisotopic (exact) mass is 630 g/mol. The first kappa shape index (κ1) is 43.2. The van der Waals surface area contributed by atoms with Crippen LogP contribution in [0.5, 0.6) is 0 Å². The Bertz CT molecular complexity index is 674. The number of oxime groups is 1. The van der Waals surface area contributed by atoms with E-state index in [0.717, 1.165) is 57.8 Å².